The van der Waals surface area contributed by atoms with Crippen LogP contribution in [0, 0.1) is 12.7 Å². The predicted molar refractivity (Wildman–Crippen MR) is 90.6 cm³/mol. The zero-order valence-electron chi connectivity index (χ0n) is 14.0. The number of benzene rings is 1. The number of nitrogens with zero attached hydrogens (tertiary/aromatic N) is 2. The van der Waals surface area contributed by atoms with Crippen LogP contribution in [-0.2, 0) is 4.79 Å². The smallest absolute Gasteiger partial charge is 0.295 e. The first-order valence-electron chi connectivity index (χ1n) is 8.01. The van der Waals surface area contributed by atoms with Gasteiger partial charge < -0.3 is 14.0 Å². The molecule has 0 bridgehead atoms. The second-order valence-electron chi connectivity index (χ2n) is 5.96. The molecule has 1 amide bonds. The summed E-state index contributed by atoms with van der Waals surface area (Å²) in [4.78, 5) is 26.6. The number of Topliss-reactive ketones (excluding diaryl/α,β-unsaturated/α-hetero) is 1. The first-order chi connectivity index (χ1) is 13.0. The highest BCUT2D eigenvalue weighted by molar-refractivity contribution is 6.19. The van der Waals surface area contributed by atoms with Crippen molar-refractivity contribution >= 4 is 17.5 Å². The maximum atomic E-state index is 14.5. The van der Waals surface area contributed by atoms with Crippen LogP contribution < -0.4 is 4.90 Å². The SMILES string of the molecule is Cc1cc(N2C(=O)C(O)=C(C(=O)c3ccco3)[C@@H]2c2ccccc2F)no1. The number of hydrogen-bond donors (Lipinski definition) is 1. The molecule has 1 aliphatic heterocycles. The molecule has 27 heavy (non-hydrogen) atoms. The first-order valence-corrected chi connectivity index (χ1v) is 8.01. The fourth-order valence-electron chi connectivity index (χ4n) is 3.07. The Morgan fingerprint density at radius 1 is 1.26 bits per heavy atom. The van der Waals surface area contributed by atoms with Crippen LogP contribution in [0.1, 0.15) is 27.9 Å². The summed E-state index contributed by atoms with van der Waals surface area (Å²) in [5.74, 6) is -2.64. The molecule has 136 valence electrons. The summed E-state index contributed by atoms with van der Waals surface area (Å²) in [6.45, 7) is 1.62. The third-order valence-corrected chi connectivity index (χ3v) is 4.26. The zero-order valence-corrected chi connectivity index (χ0v) is 14.0. The second kappa shape index (κ2) is 6.24. The van der Waals surface area contributed by atoms with Gasteiger partial charge in [-0.25, -0.2) is 4.39 Å². The largest absolute Gasteiger partial charge is 0.503 e. The zero-order chi connectivity index (χ0) is 19.1. The molecule has 1 aromatic carbocycles. The highest BCUT2D eigenvalue weighted by Gasteiger charge is 2.47. The van der Waals surface area contributed by atoms with Gasteiger partial charge in [-0.2, -0.15) is 0 Å². The van der Waals surface area contributed by atoms with Crippen molar-refractivity contribution in [3.8, 4) is 0 Å². The van der Waals surface area contributed by atoms with Gasteiger partial charge in [-0.1, -0.05) is 23.4 Å². The van der Waals surface area contributed by atoms with Gasteiger partial charge in [-0.3, -0.25) is 14.5 Å². The molecule has 1 aliphatic rings. The van der Waals surface area contributed by atoms with E-state index >= 15 is 0 Å². The highest BCUT2D eigenvalue weighted by atomic mass is 19.1. The maximum absolute atomic E-state index is 14.5. The molecular weight excluding hydrogens is 355 g/mol. The molecule has 0 unspecified atom stereocenters. The van der Waals surface area contributed by atoms with Crippen molar-refractivity contribution in [2.75, 3.05) is 4.90 Å². The summed E-state index contributed by atoms with van der Waals surface area (Å²) < 4.78 is 24.6. The number of aliphatic hydroxyl groups is 1. The molecule has 2 aromatic heterocycles. The molecule has 3 heterocycles. The maximum Gasteiger partial charge on any atom is 0.295 e. The van der Waals surface area contributed by atoms with Gasteiger partial charge in [0, 0.05) is 11.6 Å². The van der Waals surface area contributed by atoms with Crippen LogP contribution in [0.3, 0.4) is 0 Å². The van der Waals surface area contributed by atoms with E-state index in [2.05, 4.69) is 5.16 Å². The molecule has 0 saturated heterocycles. The number of amides is 1. The van der Waals surface area contributed by atoms with Crippen LogP contribution in [0.2, 0.25) is 0 Å². The average Bonchev–Trinajstić information content (AvgIpc) is 3.37. The second-order valence-corrected chi connectivity index (χ2v) is 5.96. The summed E-state index contributed by atoms with van der Waals surface area (Å²) in [7, 11) is 0. The Morgan fingerprint density at radius 2 is 2.04 bits per heavy atom. The Bertz CT molecular complexity index is 1070. The lowest BCUT2D eigenvalue weighted by Gasteiger charge is -2.24. The van der Waals surface area contributed by atoms with Gasteiger partial charge in [0.25, 0.3) is 5.91 Å². The third kappa shape index (κ3) is 2.62. The van der Waals surface area contributed by atoms with Crippen LogP contribution in [0.15, 0.2) is 69.0 Å². The lowest BCUT2D eigenvalue weighted by atomic mass is 9.94. The predicted octanol–water partition coefficient (Wildman–Crippen LogP) is 3.50. The molecular formula is C19H13FN2O5. The minimum Gasteiger partial charge on any atom is -0.503 e. The average molecular weight is 368 g/mol. The summed E-state index contributed by atoms with van der Waals surface area (Å²) in [6.07, 6.45) is 1.29. The van der Waals surface area contributed by atoms with E-state index in [-0.39, 0.29) is 22.7 Å². The van der Waals surface area contributed by atoms with E-state index in [1.807, 2.05) is 0 Å². The fraction of sp³-hybridized carbons (Fsp3) is 0.105. The van der Waals surface area contributed by atoms with Gasteiger partial charge in [0.1, 0.15) is 11.6 Å². The normalized spacial score (nSPS) is 17.0. The van der Waals surface area contributed by atoms with E-state index in [0.29, 0.717) is 5.76 Å². The molecule has 1 atom stereocenters. The summed E-state index contributed by atoms with van der Waals surface area (Å²) in [5.41, 5.74) is -0.258. The van der Waals surface area contributed by atoms with Crippen molar-refractivity contribution in [3.63, 3.8) is 0 Å². The Hall–Kier alpha value is -3.68. The molecule has 7 nitrogen and oxygen atoms in total. The first kappa shape index (κ1) is 16.8. The summed E-state index contributed by atoms with van der Waals surface area (Å²) in [5, 5.41) is 14.2. The van der Waals surface area contributed by atoms with Gasteiger partial charge in [0.2, 0.25) is 5.78 Å². The van der Waals surface area contributed by atoms with E-state index in [0.717, 1.165) is 4.90 Å². The lowest BCUT2D eigenvalue weighted by molar-refractivity contribution is -0.117. The van der Waals surface area contributed by atoms with Crippen molar-refractivity contribution in [3.05, 3.63) is 83.0 Å². The van der Waals surface area contributed by atoms with Crippen molar-refractivity contribution in [2.45, 2.75) is 13.0 Å². The molecule has 0 saturated carbocycles. The number of aryl methyl sites for hydroxylation is 1. The van der Waals surface area contributed by atoms with Crippen LogP contribution >= 0.6 is 0 Å². The van der Waals surface area contributed by atoms with Crippen molar-refractivity contribution in [1.82, 2.24) is 5.16 Å². The standard InChI is InChI=1S/C19H13FN2O5/c1-10-9-14(21-27-10)22-16(11-5-2-3-6-12(11)20)15(18(24)19(22)25)17(23)13-7-4-8-26-13/h2-9,16,24H,1H3/t16-/m0/s1. The third-order valence-electron chi connectivity index (χ3n) is 4.26. The van der Waals surface area contributed by atoms with Gasteiger partial charge in [0.05, 0.1) is 17.9 Å². The van der Waals surface area contributed by atoms with Crippen molar-refractivity contribution in [1.29, 1.82) is 0 Å². The summed E-state index contributed by atoms with van der Waals surface area (Å²) >= 11 is 0. The van der Waals surface area contributed by atoms with Crippen LogP contribution in [0.4, 0.5) is 10.2 Å². The Morgan fingerprint density at radius 3 is 2.67 bits per heavy atom. The Labute approximate surface area is 152 Å². The minimum atomic E-state index is -1.22. The van der Waals surface area contributed by atoms with Crippen molar-refractivity contribution in [2.24, 2.45) is 0 Å². The molecule has 0 aliphatic carbocycles. The van der Waals surface area contributed by atoms with E-state index in [1.165, 1.54) is 42.7 Å². The molecule has 3 aromatic rings. The van der Waals surface area contributed by atoms with Gasteiger partial charge in [0.15, 0.2) is 17.3 Å². The Kier molecular flexibility index (Phi) is 3.88. The van der Waals surface area contributed by atoms with Gasteiger partial charge in [-0.15, -0.1) is 0 Å². The quantitative estimate of drug-likeness (QED) is 0.708. The molecule has 1 N–H and O–H groups in total. The molecule has 0 radical (unpaired) electrons. The lowest BCUT2D eigenvalue weighted by Crippen LogP contribution is -2.31. The Balaban J connectivity index is 1.91. The number of ketones is 1. The van der Waals surface area contributed by atoms with Crippen LogP contribution in [-0.4, -0.2) is 22.0 Å². The molecule has 8 heteroatoms. The fourth-order valence-corrected chi connectivity index (χ4v) is 3.07. The summed E-state index contributed by atoms with van der Waals surface area (Å²) in [6, 6.07) is 8.82. The van der Waals surface area contributed by atoms with Gasteiger partial charge >= 0.3 is 0 Å². The van der Waals surface area contributed by atoms with Crippen molar-refractivity contribution < 1.29 is 28.0 Å². The van der Waals surface area contributed by atoms with Crippen LogP contribution in [0.5, 0.6) is 0 Å². The number of anilines is 1. The number of furan rings is 1. The molecule has 4 rings (SSSR count). The number of aromatic nitrogens is 1. The number of halogens is 1. The molecule has 0 fully saturated rings. The van der Waals surface area contributed by atoms with Crippen LogP contribution in [0.25, 0.3) is 0 Å². The number of carbonyl (C=O) groups is 2. The number of rotatable bonds is 4. The van der Waals surface area contributed by atoms with E-state index in [1.54, 1.807) is 13.0 Å². The topological polar surface area (TPSA) is 96.8 Å². The number of aliphatic hydroxyl groups excluding tert-OH is 1. The molecule has 0 spiro atoms. The minimum absolute atomic E-state index is 0.0328. The monoisotopic (exact) mass is 368 g/mol. The van der Waals surface area contributed by atoms with Gasteiger partial charge in [-0.05, 0) is 25.1 Å². The van der Waals surface area contributed by atoms with E-state index < -0.39 is 29.3 Å². The number of carbonyl (C=O) groups excluding carboxylic acids is 2. The highest BCUT2D eigenvalue weighted by Crippen LogP contribution is 2.42. The van der Waals surface area contributed by atoms with E-state index in [9.17, 15) is 19.1 Å². The number of hydrogen-bond acceptors (Lipinski definition) is 6. The van der Waals surface area contributed by atoms with E-state index in [4.69, 9.17) is 8.94 Å².